The van der Waals surface area contributed by atoms with Crippen molar-refractivity contribution >= 4 is 28.6 Å². The third-order valence-electron chi connectivity index (χ3n) is 2.58. The molecule has 0 saturated heterocycles. The number of nitrogens with zero attached hydrogens (tertiary/aromatic N) is 1. The minimum atomic E-state index is -1.000. The zero-order chi connectivity index (χ0) is 14.5. The lowest BCUT2D eigenvalue weighted by Crippen LogP contribution is -2.03. The number of ether oxygens (including phenoxy) is 2. The summed E-state index contributed by atoms with van der Waals surface area (Å²) >= 11 is 2.03. The van der Waals surface area contributed by atoms with Crippen molar-refractivity contribution in [2.24, 2.45) is 0 Å². The summed E-state index contributed by atoms with van der Waals surface area (Å²) in [5.74, 6) is -0.0693. The van der Waals surface area contributed by atoms with Crippen molar-refractivity contribution in [3.05, 3.63) is 51.4 Å². The second kappa shape index (κ2) is 6.56. The summed E-state index contributed by atoms with van der Waals surface area (Å²) in [5.41, 5.74) is 1.09. The lowest BCUT2D eigenvalue weighted by molar-refractivity contribution is 0.0696. The van der Waals surface area contributed by atoms with Gasteiger partial charge in [0.25, 0.3) is 0 Å². The van der Waals surface area contributed by atoms with E-state index in [4.69, 9.17) is 14.6 Å². The van der Waals surface area contributed by atoms with Gasteiger partial charge < -0.3 is 14.6 Å². The molecular weight excluding hydrogens is 373 g/mol. The minimum absolute atomic E-state index is 0.167. The quantitative estimate of drug-likeness (QED) is 0.802. The van der Waals surface area contributed by atoms with E-state index in [0.717, 1.165) is 5.56 Å². The van der Waals surface area contributed by atoms with E-state index in [0.29, 0.717) is 21.7 Å². The SMILES string of the molecule is COc1cc(C(=O)O)cc(I)c1OCc1cccnc1. The number of hydrogen-bond donors (Lipinski definition) is 1. The predicted molar refractivity (Wildman–Crippen MR) is 81.2 cm³/mol. The maximum atomic E-state index is 11.0. The molecule has 0 radical (unpaired) electrons. The number of pyridine rings is 1. The van der Waals surface area contributed by atoms with Crippen molar-refractivity contribution in [2.45, 2.75) is 6.61 Å². The Balaban J connectivity index is 2.25. The number of benzene rings is 1. The van der Waals surface area contributed by atoms with Crippen molar-refractivity contribution in [1.82, 2.24) is 4.98 Å². The molecule has 0 spiro atoms. The fraction of sp³-hybridized carbons (Fsp3) is 0.143. The molecule has 0 aliphatic rings. The standard InChI is InChI=1S/C14H12INO4/c1-19-12-6-10(14(17)18)5-11(15)13(12)20-8-9-3-2-4-16-7-9/h2-7H,8H2,1H3,(H,17,18). The van der Waals surface area contributed by atoms with Gasteiger partial charge in [0.2, 0.25) is 0 Å². The Hall–Kier alpha value is -1.83. The summed E-state index contributed by atoms with van der Waals surface area (Å²) in [4.78, 5) is 15.0. The first-order valence-electron chi connectivity index (χ1n) is 5.74. The van der Waals surface area contributed by atoms with Gasteiger partial charge in [0, 0.05) is 18.0 Å². The first-order chi connectivity index (χ1) is 9.61. The first kappa shape index (κ1) is 14.6. The highest BCUT2D eigenvalue weighted by Crippen LogP contribution is 2.34. The van der Waals surface area contributed by atoms with Crippen LogP contribution in [0.2, 0.25) is 0 Å². The van der Waals surface area contributed by atoms with Gasteiger partial charge in [-0.05, 0) is 40.8 Å². The molecule has 6 heteroatoms. The topological polar surface area (TPSA) is 68.7 Å². The lowest BCUT2D eigenvalue weighted by Gasteiger charge is -2.13. The molecule has 0 fully saturated rings. The van der Waals surface area contributed by atoms with Crippen molar-refractivity contribution in [3.8, 4) is 11.5 Å². The maximum absolute atomic E-state index is 11.0. The molecule has 0 aliphatic heterocycles. The maximum Gasteiger partial charge on any atom is 0.335 e. The number of rotatable bonds is 5. The molecular formula is C14H12INO4. The van der Waals surface area contributed by atoms with Gasteiger partial charge in [-0.3, -0.25) is 4.98 Å². The van der Waals surface area contributed by atoms with Crippen molar-refractivity contribution in [1.29, 1.82) is 0 Å². The monoisotopic (exact) mass is 385 g/mol. The first-order valence-corrected chi connectivity index (χ1v) is 6.82. The molecule has 1 heterocycles. The van der Waals surface area contributed by atoms with Crippen LogP contribution < -0.4 is 9.47 Å². The highest BCUT2D eigenvalue weighted by Gasteiger charge is 2.15. The molecule has 1 N–H and O–H groups in total. The van der Waals surface area contributed by atoms with Crippen molar-refractivity contribution in [2.75, 3.05) is 7.11 Å². The molecule has 1 aromatic heterocycles. The van der Waals surface area contributed by atoms with Crippen LogP contribution in [0.3, 0.4) is 0 Å². The fourth-order valence-electron chi connectivity index (χ4n) is 1.62. The third-order valence-corrected chi connectivity index (χ3v) is 3.38. The molecule has 0 amide bonds. The van der Waals surface area contributed by atoms with E-state index in [1.807, 2.05) is 34.7 Å². The van der Waals surface area contributed by atoms with Gasteiger partial charge in [-0.25, -0.2) is 4.79 Å². The number of methoxy groups -OCH3 is 1. The zero-order valence-electron chi connectivity index (χ0n) is 10.7. The second-order valence-electron chi connectivity index (χ2n) is 3.94. The molecule has 20 heavy (non-hydrogen) atoms. The number of hydrogen-bond acceptors (Lipinski definition) is 4. The number of aromatic nitrogens is 1. The van der Waals surface area contributed by atoms with Gasteiger partial charge in [-0.1, -0.05) is 6.07 Å². The Morgan fingerprint density at radius 2 is 2.25 bits per heavy atom. The summed E-state index contributed by atoms with van der Waals surface area (Å²) in [6.07, 6.45) is 3.40. The Bertz CT molecular complexity index is 616. The number of carboxylic acid groups (broad SMARTS) is 1. The summed E-state index contributed by atoms with van der Waals surface area (Å²) in [6, 6.07) is 6.72. The Labute approximate surface area is 129 Å². The number of carbonyl (C=O) groups is 1. The third kappa shape index (κ3) is 3.38. The Morgan fingerprint density at radius 3 is 2.85 bits per heavy atom. The van der Waals surface area contributed by atoms with Gasteiger partial charge in [-0.15, -0.1) is 0 Å². The van der Waals surface area contributed by atoms with Crippen LogP contribution in [-0.4, -0.2) is 23.2 Å². The average Bonchev–Trinajstić information content (AvgIpc) is 2.46. The zero-order valence-corrected chi connectivity index (χ0v) is 12.8. The van der Waals surface area contributed by atoms with E-state index in [1.165, 1.54) is 13.2 Å². The van der Waals surface area contributed by atoms with Crippen LogP contribution in [0, 0.1) is 3.57 Å². The summed E-state index contributed by atoms with van der Waals surface area (Å²) < 4.78 is 11.6. The second-order valence-corrected chi connectivity index (χ2v) is 5.11. The van der Waals surface area contributed by atoms with Crippen LogP contribution in [0.25, 0.3) is 0 Å². The summed E-state index contributed by atoms with van der Waals surface area (Å²) in [6.45, 7) is 0.340. The molecule has 104 valence electrons. The molecule has 0 aliphatic carbocycles. The molecule has 5 nitrogen and oxygen atoms in total. The van der Waals surface area contributed by atoms with E-state index in [2.05, 4.69) is 4.98 Å². The van der Waals surface area contributed by atoms with E-state index in [-0.39, 0.29) is 5.56 Å². The average molecular weight is 385 g/mol. The molecule has 2 rings (SSSR count). The van der Waals surface area contributed by atoms with E-state index < -0.39 is 5.97 Å². The summed E-state index contributed by atoms with van der Waals surface area (Å²) in [5, 5.41) is 9.02. The van der Waals surface area contributed by atoms with Gasteiger partial charge in [0.1, 0.15) is 6.61 Å². The van der Waals surface area contributed by atoms with Crippen molar-refractivity contribution < 1.29 is 19.4 Å². The minimum Gasteiger partial charge on any atom is -0.493 e. The smallest absolute Gasteiger partial charge is 0.335 e. The van der Waals surface area contributed by atoms with E-state index in [1.54, 1.807) is 18.5 Å². The fourth-order valence-corrected chi connectivity index (χ4v) is 2.38. The van der Waals surface area contributed by atoms with Crippen LogP contribution in [0.1, 0.15) is 15.9 Å². The number of halogens is 1. The number of aromatic carboxylic acids is 1. The van der Waals surface area contributed by atoms with Crippen LogP contribution in [0.4, 0.5) is 0 Å². The van der Waals surface area contributed by atoms with Crippen LogP contribution >= 0.6 is 22.6 Å². The largest absolute Gasteiger partial charge is 0.493 e. The molecule has 0 unspecified atom stereocenters. The van der Waals surface area contributed by atoms with Gasteiger partial charge in [0.15, 0.2) is 11.5 Å². The normalized spacial score (nSPS) is 10.1. The lowest BCUT2D eigenvalue weighted by atomic mass is 10.2. The van der Waals surface area contributed by atoms with Gasteiger partial charge in [0.05, 0.1) is 16.2 Å². The number of carboxylic acids is 1. The van der Waals surface area contributed by atoms with Gasteiger partial charge >= 0.3 is 5.97 Å². The summed E-state index contributed by atoms with van der Waals surface area (Å²) in [7, 11) is 1.48. The Morgan fingerprint density at radius 1 is 1.45 bits per heavy atom. The van der Waals surface area contributed by atoms with E-state index >= 15 is 0 Å². The molecule has 0 bridgehead atoms. The molecule has 0 saturated carbocycles. The molecule has 0 atom stereocenters. The Kier molecular flexibility index (Phi) is 4.78. The van der Waals surface area contributed by atoms with Gasteiger partial charge in [-0.2, -0.15) is 0 Å². The predicted octanol–water partition coefficient (Wildman–Crippen LogP) is 2.97. The highest BCUT2D eigenvalue weighted by atomic mass is 127. The molecule has 2 aromatic rings. The highest BCUT2D eigenvalue weighted by molar-refractivity contribution is 14.1. The van der Waals surface area contributed by atoms with E-state index in [9.17, 15) is 4.79 Å². The molecule has 1 aromatic carbocycles. The van der Waals surface area contributed by atoms with Crippen molar-refractivity contribution in [3.63, 3.8) is 0 Å². The van der Waals surface area contributed by atoms with Crippen LogP contribution in [0.15, 0.2) is 36.7 Å². The van der Waals surface area contributed by atoms with Crippen LogP contribution in [0.5, 0.6) is 11.5 Å². The van der Waals surface area contributed by atoms with Crippen LogP contribution in [-0.2, 0) is 6.61 Å².